The molecule has 1 heterocycles. The molecule has 0 fully saturated rings. The molecule has 0 amide bonds. The molecule has 1 aromatic carbocycles. The summed E-state index contributed by atoms with van der Waals surface area (Å²) in [6.07, 6.45) is 2.40. The van der Waals surface area contributed by atoms with Gasteiger partial charge >= 0.3 is 0 Å². The molecule has 0 saturated carbocycles. The van der Waals surface area contributed by atoms with Crippen LogP contribution in [-0.4, -0.2) is 21.4 Å². The van der Waals surface area contributed by atoms with E-state index in [4.69, 9.17) is 0 Å². The van der Waals surface area contributed by atoms with Crippen molar-refractivity contribution in [1.82, 2.24) is 15.1 Å². The second-order valence-corrected chi connectivity index (χ2v) is 6.25. The molecule has 1 aromatic heterocycles. The van der Waals surface area contributed by atoms with Crippen molar-refractivity contribution in [1.29, 1.82) is 0 Å². The zero-order valence-corrected chi connectivity index (χ0v) is 13.0. The quantitative estimate of drug-likeness (QED) is 0.893. The van der Waals surface area contributed by atoms with Gasteiger partial charge in [0, 0.05) is 24.8 Å². The topological polar surface area (TPSA) is 50.1 Å². The van der Waals surface area contributed by atoms with Crippen LogP contribution < -0.4 is 5.32 Å². The smallest absolute Gasteiger partial charge is 0.131 e. The van der Waals surface area contributed by atoms with Crippen LogP contribution in [0.3, 0.4) is 0 Å². The maximum atomic E-state index is 13.5. The van der Waals surface area contributed by atoms with Crippen molar-refractivity contribution in [3.63, 3.8) is 0 Å². The van der Waals surface area contributed by atoms with Gasteiger partial charge in [-0.3, -0.25) is 4.68 Å². The molecule has 0 saturated heterocycles. The average molecular weight is 309 g/mol. The summed E-state index contributed by atoms with van der Waals surface area (Å²) < 4.78 is 28.9. The number of nitrogens with zero attached hydrogens (tertiary/aromatic N) is 2. The van der Waals surface area contributed by atoms with Crippen LogP contribution in [0.2, 0.25) is 0 Å². The monoisotopic (exact) mass is 309 g/mol. The maximum absolute atomic E-state index is 13.5. The summed E-state index contributed by atoms with van der Waals surface area (Å²) in [4.78, 5) is 0. The van der Waals surface area contributed by atoms with E-state index in [0.717, 1.165) is 17.7 Å². The first-order valence-electron chi connectivity index (χ1n) is 7.16. The number of hydrogen-bond acceptors (Lipinski definition) is 3. The van der Waals surface area contributed by atoms with E-state index in [2.05, 4.69) is 10.4 Å². The van der Waals surface area contributed by atoms with Crippen LogP contribution in [0.5, 0.6) is 0 Å². The van der Waals surface area contributed by atoms with Gasteiger partial charge < -0.3 is 10.4 Å². The van der Waals surface area contributed by atoms with E-state index in [9.17, 15) is 13.9 Å². The minimum Gasteiger partial charge on any atom is -0.387 e. The molecule has 2 aromatic rings. The molecule has 0 aliphatic rings. The van der Waals surface area contributed by atoms with E-state index in [0.29, 0.717) is 6.54 Å². The minimum atomic E-state index is -1.24. The fourth-order valence-corrected chi connectivity index (χ4v) is 2.10. The summed E-state index contributed by atoms with van der Waals surface area (Å²) >= 11 is 0. The van der Waals surface area contributed by atoms with Crippen LogP contribution in [0.15, 0.2) is 30.6 Å². The van der Waals surface area contributed by atoms with Crippen molar-refractivity contribution in [3.05, 3.63) is 53.4 Å². The first-order valence-corrected chi connectivity index (χ1v) is 7.16. The van der Waals surface area contributed by atoms with Crippen molar-refractivity contribution in [3.8, 4) is 0 Å². The lowest BCUT2D eigenvalue weighted by Crippen LogP contribution is -2.23. The molecule has 6 heteroatoms. The Balaban J connectivity index is 1.92. The molecular formula is C16H21F2N3O. The number of hydrogen-bond donors (Lipinski definition) is 2. The maximum Gasteiger partial charge on any atom is 0.131 e. The Morgan fingerprint density at radius 1 is 1.27 bits per heavy atom. The first-order chi connectivity index (χ1) is 10.3. The number of benzene rings is 1. The average Bonchev–Trinajstić information content (AvgIpc) is 2.87. The second-order valence-electron chi connectivity index (χ2n) is 6.25. The summed E-state index contributed by atoms with van der Waals surface area (Å²) in [5, 5.41) is 17.2. The second kappa shape index (κ2) is 6.54. The largest absolute Gasteiger partial charge is 0.387 e. The Bertz CT molecular complexity index is 614. The predicted octanol–water partition coefficient (Wildman–Crippen LogP) is 2.74. The lowest BCUT2D eigenvalue weighted by atomic mass is 10.1. The predicted molar refractivity (Wildman–Crippen MR) is 80.2 cm³/mol. The first kappa shape index (κ1) is 16.6. The van der Waals surface area contributed by atoms with Gasteiger partial charge in [-0.2, -0.15) is 5.10 Å². The number of rotatable bonds is 5. The summed E-state index contributed by atoms with van der Waals surface area (Å²) in [5.41, 5.74) is 0.533. The van der Waals surface area contributed by atoms with Crippen LogP contribution in [0.4, 0.5) is 8.78 Å². The number of aromatic nitrogens is 2. The highest BCUT2D eigenvalue weighted by Crippen LogP contribution is 2.20. The third-order valence-corrected chi connectivity index (χ3v) is 3.32. The van der Waals surface area contributed by atoms with Crippen LogP contribution in [0.25, 0.3) is 0 Å². The molecule has 4 nitrogen and oxygen atoms in total. The summed E-state index contributed by atoms with van der Waals surface area (Å²) in [7, 11) is 0. The summed E-state index contributed by atoms with van der Waals surface area (Å²) in [6.45, 7) is 6.65. The molecule has 0 spiro atoms. The van der Waals surface area contributed by atoms with Gasteiger partial charge in [-0.05, 0) is 32.9 Å². The van der Waals surface area contributed by atoms with E-state index in [1.54, 1.807) is 6.20 Å². The third-order valence-electron chi connectivity index (χ3n) is 3.32. The van der Waals surface area contributed by atoms with Gasteiger partial charge in [-0.1, -0.05) is 6.07 Å². The number of nitrogens with one attached hydrogen (secondary N) is 1. The molecule has 1 atom stereocenters. The molecule has 1 unspecified atom stereocenters. The van der Waals surface area contributed by atoms with Gasteiger partial charge in [0.2, 0.25) is 0 Å². The molecule has 22 heavy (non-hydrogen) atoms. The lowest BCUT2D eigenvalue weighted by Gasteiger charge is -2.18. The van der Waals surface area contributed by atoms with E-state index in [-0.39, 0.29) is 17.6 Å². The summed E-state index contributed by atoms with van der Waals surface area (Å²) in [6, 6.07) is 3.54. The Labute approximate surface area is 128 Å². The Morgan fingerprint density at radius 3 is 2.45 bits per heavy atom. The van der Waals surface area contributed by atoms with Gasteiger partial charge in [0.1, 0.15) is 11.6 Å². The number of aliphatic hydroxyl groups is 1. The molecule has 2 rings (SSSR count). The van der Waals surface area contributed by atoms with Crippen LogP contribution in [0.1, 0.15) is 38.0 Å². The van der Waals surface area contributed by atoms with Crippen molar-refractivity contribution >= 4 is 0 Å². The van der Waals surface area contributed by atoms with Crippen LogP contribution >= 0.6 is 0 Å². The van der Waals surface area contributed by atoms with Gasteiger partial charge in [-0.25, -0.2) is 8.78 Å². The van der Waals surface area contributed by atoms with Gasteiger partial charge in [0.05, 0.1) is 23.4 Å². The zero-order chi connectivity index (χ0) is 16.3. The normalized spacial score (nSPS) is 13.4. The fourth-order valence-electron chi connectivity index (χ4n) is 2.10. The highest BCUT2D eigenvalue weighted by atomic mass is 19.1. The minimum absolute atomic E-state index is 0.0541. The molecule has 120 valence electrons. The van der Waals surface area contributed by atoms with E-state index in [1.165, 1.54) is 6.07 Å². The standard InChI is InChI=1S/C16H21F2N3O/c1-16(2,3)21-10-11(8-20-21)7-19-9-14(22)15-12(17)5-4-6-13(15)18/h4-6,8,10,14,19,22H,7,9H2,1-3H3. The van der Waals surface area contributed by atoms with Crippen molar-refractivity contribution in [2.45, 2.75) is 39.0 Å². The summed E-state index contributed by atoms with van der Waals surface area (Å²) in [5.74, 6) is -1.48. The molecule has 2 N–H and O–H groups in total. The van der Waals surface area contributed by atoms with Gasteiger partial charge in [0.15, 0.2) is 0 Å². The van der Waals surface area contributed by atoms with Gasteiger partial charge in [-0.15, -0.1) is 0 Å². The highest BCUT2D eigenvalue weighted by Gasteiger charge is 2.18. The van der Waals surface area contributed by atoms with Crippen molar-refractivity contribution in [2.75, 3.05) is 6.54 Å². The lowest BCUT2D eigenvalue weighted by molar-refractivity contribution is 0.164. The highest BCUT2D eigenvalue weighted by molar-refractivity contribution is 5.22. The Hall–Kier alpha value is -1.79. The van der Waals surface area contributed by atoms with Crippen molar-refractivity contribution in [2.24, 2.45) is 0 Å². The van der Waals surface area contributed by atoms with E-state index < -0.39 is 17.7 Å². The number of halogens is 2. The Morgan fingerprint density at radius 2 is 1.91 bits per heavy atom. The van der Waals surface area contributed by atoms with Crippen LogP contribution in [0, 0.1) is 11.6 Å². The zero-order valence-electron chi connectivity index (χ0n) is 13.0. The molecule has 0 aliphatic carbocycles. The van der Waals surface area contributed by atoms with Crippen molar-refractivity contribution < 1.29 is 13.9 Å². The Kier molecular flexibility index (Phi) is 4.93. The SMILES string of the molecule is CC(C)(C)n1cc(CNCC(O)c2c(F)cccc2F)cn1. The molecular weight excluding hydrogens is 288 g/mol. The third kappa shape index (κ3) is 3.90. The molecule has 0 radical (unpaired) electrons. The van der Waals surface area contributed by atoms with Gasteiger partial charge in [0.25, 0.3) is 0 Å². The molecule has 0 bridgehead atoms. The van der Waals surface area contributed by atoms with E-state index in [1.807, 2.05) is 31.6 Å². The number of aliphatic hydroxyl groups excluding tert-OH is 1. The van der Waals surface area contributed by atoms with Crippen LogP contribution in [-0.2, 0) is 12.1 Å². The van der Waals surface area contributed by atoms with E-state index >= 15 is 0 Å². The fraction of sp³-hybridized carbons (Fsp3) is 0.438. The molecule has 0 aliphatic heterocycles.